The maximum atomic E-state index is 13.3. The number of ether oxygens (including phenoxy) is 1. The number of nitrogens with zero attached hydrogens (tertiary/aromatic N) is 5. The number of anilines is 2. The van der Waals surface area contributed by atoms with E-state index in [0.29, 0.717) is 5.91 Å². The second kappa shape index (κ2) is 8.70. The summed E-state index contributed by atoms with van der Waals surface area (Å²) in [5.74, 6) is 1.20. The molecule has 0 saturated carbocycles. The molecule has 162 valence electrons. The molecule has 1 amide bonds. The molecular formula is C23H27N5O2S. The largest absolute Gasteiger partial charge is 0.497 e. The minimum Gasteiger partial charge on any atom is -0.497 e. The van der Waals surface area contributed by atoms with Crippen LogP contribution in [0.4, 0.5) is 10.8 Å². The lowest BCUT2D eigenvalue weighted by Crippen LogP contribution is -2.52. The molecule has 5 rings (SSSR count). The van der Waals surface area contributed by atoms with Crippen molar-refractivity contribution in [3.63, 3.8) is 0 Å². The smallest absolute Gasteiger partial charge is 0.227 e. The summed E-state index contributed by atoms with van der Waals surface area (Å²) in [4.78, 5) is 30.0. The molecule has 3 aromatic rings. The fourth-order valence-electron chi connectivity index (χ4n) is 4.48. The lowest BCUT2D eigenvalue weighted by atomic mass is 9.96. The fraction of sp³-hybridized carbons (Fsp3) is 0.435. The number of benzene rings is 1. The molecule has 2 fully saturated rings. The SMILES string of the molecule is COc1ccc(N2CCN(C(=O)[C@H]3CCCN(c4nc5cccnc5s4)C3)CC2)cc1. The summed E-state index contributed by atoms with van der Waals surface area (Å²) in [6.07, 6.45) is 3.78. The van der Waals surface area contributed by atoms with Gasteiger partial charge < -0.3 is 19.4 Å². The number of piperazine rings is 1. The van der Waals surface area contributed by atoms with Crippen LogP contribution in [-0.2, 0) is 4.79 Å². The number of pyridine rings is 1. The van der Waals surface area contributed by atoms with Gasteiger partial charge in [-0.3, -0.25) is 4.79 Å². The molecule has 31 heavy (non-hydrogen) atoms. The third kappa shape index (κ3) is 4.17. The lowest BCUT2D eigenvalue weighted by molar-refractivity contribution is -0.136. The highest BCUT2D eigenvalue weighted by Gasteiger charge is 2.32. The Morgan fingerprint density at radius 1 is 1.06 bits per heavy atom. The van der Waals surface area contributed by atoms with Crippen molar-refractivity contribution in [1.82, 2.24) is 14.9 Å². The molecule has 0 spiro atoms. The lowest BCUT2D eigenvalue weighted by Gasteiger charge is -2.39. The average molecular weight is 438 g/mol. The van der Waals surface area contributed by atoms with Crippen molar-refractivity contribution >= 4 is 38.4 Å². The Bertz CT molecular complexity index is 1010. The summed E-state index contributed by atoms with van der Waals surface area (Å²) < 4.78 is 5.25. The van der Waals surface area contributed by atoms with Crippen molar-refractivity contribution in [2.75, 3.05) is 56.2 Å². The van der Waals surface area contributed by atoms with Crippen molar-refractivity contribution < 1.29 is 9.53 Å². The van der Waals surface area contributed by atoms with E-state index in [1.807, 2.05) is 29.2 Å². The number of methoxy groups -OCH3 is 1. The summed E-state index contributed by atoms with van der Waals surface area (Å²) in [6, 6.07) is 12.1. The topological polar surface area (TPSA) is 61.8 Å². The number of carbonyl (C=O) groups is 1. The molecule has 2 aromatic heterocycles. The number of hydrogen-bond acceptors (Lipinski definition) is 7. The summed E-state index contributed by atoms with van der Waals surface area (Å²) in [5.41, 5.74) is 2.12. The summed E-state index contributed by atoms with van der Waals surface area (Å²) in [7, 11) is 1.68. The number of thiazole rings is 1. The number of aromatic nitrogens is 2. The van der Waals surface area contributed by atoms with Gasteiger partial charge >= 0.3 is 0 Å². The number of carbonyl (C=O) groups excluding carboxylic acids is 1. The number of rotatable bonds is 4. The van der Waals surface area contributed by atoms with Gasteiger partial charge in [-0.2, -0.15) is 0 Å². The summed E-state index contributed by atoms with van der Waals surface area (Å²) in [6.45, 7) is 4.96. The zero-order valence-corrected chi connectivity index (χ0v) is 18.6. The Balaban J connectivity index is 1.20. The Kier molecular flexibility index (Phi) is 5.63. The number of piperidine rings is 1. The van der Waals surface area contributed by atoms with E-state index in [-0.39, 0.29) is 5.92 Å². The minimum atomic E-state index is 0.0428. The molecule has 2 aliphatic rings. The van der Waals surface area contributed by atoms with Crippen molar-refractivity contribution in [2.45, 2.75) is 12.8 Å². The highest BCUT2D eigenvalue weighted by molar-refractivity contribution is 7.21. The summed E-state index contributed by atoms with van der Waals surface area (Å²) >= 11 is 1.62. The standard InChI is InChI=1S/C23H27N5O2S/c1-30-19-8-6-18(7-9-19)26-12-14-27(15-13-26)22(29)17-4-3-11-28(16-17)23-25-20-5-2-10-24-21(20)31-23/h2,5-10,17H,3-4,11-16H2,1H3/t17-/m0/s1. The fourth-order valence-corrected chi connectivity index (χ4v) is 5.43. The van der Waals surface area contributed by atoms with Crippen LogP contribution in [0, 0.1) is 5.92 Å². The molecule has 7 nitrogen and oxygen atoms in total. The molecule has 4 heterocycles. The molecule has 0 bridgehead atoms. The van der Waals surface area contributed by atoms with E-state index < -0.39 is 0 Å². The third-order valence-corrected chi connectivity index (χ3v) is 7.27. The van der Waals surface area contributed by atoms with Crippen LogP contribution in [0.1, 0.15) is 12.8 Å². The molecule has 0 aliphatic carbocycles. The first-order valence-electron chi connectivity index (χ1n) is 10.9. The van der Waals surface area contributed by atoms with Gasteiger partial charge in [0.2, 0.25) is 5.91 Å². The predicted octanol–water partition coefficient (Wildman–Crippen LogP) is 3.27. The van der Waals surface area contributed by atoms with Gasteiger partial charge in [-0.25, -0.2) is 9.97 Å². The molecule has 1 aromatic carbocycles. The van der Waals surface area contributed by atoms with Crippen LogP contribution in [0.25, 0.3) is 10.3 Å². The van der Waals surface area contributed by atoms with E-state index in [1.165, 1.54) is 5.69 Å². The first kappa shape index (κ1) is 20.1. The second-order valence-electron chi connectivity index (χ2n) is 8.12. The highest BCUT2D eigenvalue weighted by Crippen LogP contribution is 2.31. The van der Waals surface area contributed by atoms with Crippen LogP contribution >= 0.6 is 11.3 Å². The minimum absolute atomic E-state index is 0.0428. The maximum Gasteiger partial charge on any atom is 0.227 e. The first-order valence-corrected chi connectivity index (χ1v) is 11.7. The van der Waals surface area contributed by atoms with E-state index >= 15 is 0 Å². The van der Waals surface area contributed by atoms with Crippen LogP contribution in [0.3, 0.4) is 0 Å². The van der Waals surface area contributed by atoms with E-state index in [2.05, 4.69) is 26.9 Å². The maximum absolute atomic E-state index is 13.3. The predicted molar refractivity (Wildman–Crippen MR) is 124 cm³/mol. The van der Waals surface area contributed by atoms with Gasteiger partial charge in [0.15, 0.2) is 5.13 Å². The Hall–Kier alpha value is -2.87. The molecule has 0 N–H and O–H groups in total. The van der Waals surface area contributed by atoms with E-state index in [1.54, 1.807) is 24.6 Å². The highest BCUT2D eigenvalue weighted by atomic mass is 32.1. The first-order chi connectivity index (χ1) is 15.2. The molecule has 0 radical (unpaired) electrons. The zero-order chi connectivity index (χ0) is 21.2. The molecule has 2 saturated heterocycles. The van der Waals surface area contributed by atoms with Crippen LogP contribution in [0.2, 0.25) is 0 Å². The molecule has 2 aliphatic heterocycles. The number of hydrogen-bond donors (Lipinski definition) is 0. The van der Waals surface area contributed by atoms with Crippen molar-refractivity contribution in [1.29, 1.82) is 0 Å². The molecule has 1 atom stereocenters. The third-order valence-electron chi connectivity index (χ3n) is 6.23. The summed E-state index contributed by atoms with van der Waals surface area (Å²) in [5, 5.41) is 0.982. The molecular weight excluding hydrogens is 410 g/mol. The molecule has 8 heteroatoms. The van der Waals surface area contributed by atoms with Gasteiger partial charge in [0, 0.05) is 51.2 Å². The quantitative estimate of drug-likeness (QED) is 0.624. The number of amides is 1. The van der Waals surface area contributed by atoms with E-state index in [9.17, 15) is 4.79 Å². The van der Waals surface area contributed by atoms with Gasteiger partial charge in [-0.05, 0) is 49.2 Å². The number of fused-ring (bicyclic) bond motifs is 1. The van der Waals surface area contributed by atoms with Gasteiger partial charge in [0.05, 0.1) is 13.0 Å². The Morgan fingerprint density at radius 3 is 2.61 bits per heavy atom. The van der Waals surface area contributed by atoms with Crippen molar-refractivity contribution in [2.24, 2.45) is 5.92 Å². The van der Waals surface area contributed by atoms with Crippen LogP contribution in [0.15, 0.2) is 42.6 Å². The average Bonchev–Trinajstić information content (AvgIpc) is 3.28. The Labute approximate surface area is 186 Å². The second-order valence-corrected chi connectivity index (χ2v) is 9.08. The van der Waals surface area contributed by atoms with Crippen LogP contribution < -0.4 is 14.5 Å². The van der Waals surface area contributed by atoms with Gasteiger partial charge in [0.1, 0.15) is 16.1 Å². The normalized spacial score (nSPS) is 19.6. The van der Waals surface area contributed by atoms with E-state index in [0.717, 1.165) is 73.3 Å². The molecule has 0 unspecified atom stereocenters. The van der Waals surface area contributed by atoms with Crippen LogP contribution in [-0.4, -0.2) is 67.2 Å². The van der Waals surface area contributed by atoms with Gasteiger partial charge in [-0.1, -0.05) is 11.3 Å². The monoisotopic (exact) mass is 437 g/mol. The van der Waals surface area contributed by atoms with Crippen molar-refractivity contribution in [3.05, 3.63) is 42.6 Å². The van der Waals surface area contributed by atoms with Gasteiger partial charge in [-0.15, -0.1) is 0 Å². The van der Waals surface area contributed by atoms with Crippen LogP contribution in [0.5, 0.6) is 5.75 Å². The van der Waals surface area contributed by atoms with E-state index in [4.69, 9.17) is 9.72 Å². The van der Waals surface area contributed by atoms with Crippen molar-refractivity contribution in [3.8, 4) is 5.75 Å². The van der Waals surface area contributed by atoms with Gasteiger partial charge in [0.25, 0.3) is 0 Å². The Morgan fingerprint density at radius 2 is 1.87 bits per heavy atom. The zero-order valence-electron chi connectivity index (χ0n) is 17.7.